The lowest BCUT2D eigenvalue weighted by Gasteiger charge is -2.34. The number of carbonyl (C=O) groups excluding carboxylic acids is 3. The summed E-state index contributed by atoms with van der Waals surface area (Å²) in [5.41, 5.74) is -0.748. The van der Waals surface area contributed by atoms with Crippen molar-refractivity contribution in [3.8, 4) is 0 Å². The van der Waals surface area contributed by atoms with Gasteiger partial charge in [0.1, 0.15) is 17.7 Å². The van der Waals surface area contributed by atoms with E-state index in [1.807, 2.05) is 0 Å². The molecule has 1 aromatic carbocycles. The van der Waals surface area contributed by atoms with Crippen LogP contribution in [0, 0.1) is 5.92 Å². The predicted molar refractivity (Wildman–Crippen MR) is 140 cm³/mol. The Bertz CT molecular complexity index is 1100. The van der Waals surface area contributed by atoms with Gasteiger partial charge in [-0.05, 0) is 64.2 Å². The smallest absolute Gasteiger partial charge is 0.408 e. The van der Waals surface area contributed by atoms with Crippen LogP contribution in [0.2, 0.25) is 0 Å². The molecule has 10 nitrogen and oxygen atoms in total. The topological polar surface area (TPSA) is 131 Å². The van der Waals surface area contributed by atoms with Gasteiger partial charge in [-0.15, -0.1) is 0 Å². The summed E-state index contributed by atoms with van der Waals surface area (Å²) in [6, 6.07) is 3.66. The molecular formula is C25H36BrN3O7S. The Labute approximate surface area is 227 Å². The standard InChI is InChI=1S/C25H36BrN3O7S/c1-25(2,3)36-24(32)27-21(16-9-6-5-7-10-16)22(30)29-15-18(14-20(29)23(31)35-4)28-37(33,34)19-12-8-11-17(26)13-19/h8,11-13,16,18,20-21,28H,5-7,9-10,14-15H2,1-4H3,(H,27,32)/t18-,20+,21+/m1/s1. The number of ether oxygens (including phenoxy) is 2. The quantitative estimate of drug-likeness (QED) is 0.458. The van der Waals surface area contributed by atoms with E-state index in [1.165, 1.54) is 24.1 Å². The largest absolute Gasteiger partial charge is 0.467 e. The summed E-state index contributed by atoms with van der Waals surface area (Å²) in [5.74, 6) is -1.21. The average molecular weight is 603 g/mol. The van der Waals surface area contributed by atoms with E-state index in [1.54, 1.807) is 32.9 Å². The number of esters is 1. The number of sulfonamides is 1. The Morgan fingerprint density at radius 1 is 1.14 bits per heavy atom. The summed E-state index contributed by atoms with van der Waals surface area (Å²) in [7, 11) is -2.69. The fourth-order valence-electron chi connectivity index (χ4n) is 4.91. The second kappa shape index (κ2) is 12.1. The SMILES string of the molecule is COC(=O)[C@@H]1C[C@@H](NS(=O)(=O)c2cccc(Br)c2)CN1C(=O)[C@@H](NC(=O)OC(C)(C)C)C1CCCCC1. The lowest BCUT2D eigenvalue weighted by molar-refractivity contribution is -0.152. The van der Waals surface area contributed by atoms with E-state index in [4.69, 9.17) is 9.47 Å². The third-order valence-corrected chi connectivity index (χ3v) is 8.56. The zero-order valence-corrected chi connectivity index (χ0v) is 24.1. The third kappa shape index (κ3) is 7.90. The fourth-order valence-corrected chi connectivity index (χ4v) is 6.74. The van der Waals surface area contributed by atoms with Gasteiger partial charge in [0.15, 0.2) is 0 Å². The van der Waals surface area contributed by atoms with Crippen molar-refractivity contribution in [3.05, 3.63) is 28.7 Å². The van der Waals surface area contributed by atoms with Crippen LogP contribution in [0.5, 0.6) is 0 Å². The van der Waals surface area contributed by atoms with Gasteiger partial charge in [-0.1, -0.05) is 41.3 Å². The van der Waals surface area contributed by atoms with E-state index in [0.29, 0.717) is 4.47 Å². The highest BCUT2D eigenvalue weighted by Crippen LogP contribution is 2.30. The van der Waals surface area contributed by atoms with Crippen LogP contribution in [0.1, 0.15) is 59.3 Å². The molecule has 3 rings (SSSR count). The third-order valence-electron chi connectivity index (χ3n) is 6.55. The molecule has 2 fully saturated rings. The predicted octanol–water partition coefficient (Wildman–Crippen LogP) is 3.34. The van der Waals surface area contributed by atoms with Crippen LogP contribution in [-0.4, -0.2) is 68.7 Å². The van der Waals surface area contributed by atoms with Gasteiger partial charge >= 0.3 is 12.1 Å². The van der Waals surface area contributed by atoms with Gasteiger partial charge in [0, 0.05) is 17.1 Å². The number of hydrogen-bond donors (Lipinski definition) is 2. The number of likely N-dealkylation sites (tertiary alicyclic amines) is 1. The van der Waals surface area contributed by atoms with Crippen molar-refractivity contribution in [1.29, 1.82) is 0 Å². The molecule has 1 heterocycles. The van der Waals surface area contributed by atoms with Gasteiger partial charge in [0.05, 0.1) is 12.0 Å². The minimum Gasteiger partial charge on any atom is -0.467 e. The number of hydrogen-bond acceptors (Lipinski definition) is 7. The second-order valence-corrected chi connectivity index (χ2v) is 13.2. The van der Waals surface area contributed by atoms with Crippen molar-refractivity contribution >= 4 is 43.9 Å². The Balaban J connectivity index is 1.84. The van der Waals surface area contributed by atoms with Crippen LogP contribution in [0.3, 0.4) is 0 Å². The van der Waals surface area contributed by atoms with Crippen molar-refractivity contribution in [2.75, 3.05) is 13.7 Å². The van der Waals surface area contributed by atoms with E-state index in [9.17, 15) is 22.8 Å². The van der Waals surface area contributed by atoms with Crippen LogP contribution >= 0.6 is 15.9 Å². The van der Waals surface area contributed by atoms with Crippen molar-refractivity contribution in [2.24, 2.45) is 5.92 Å². The number of rotatable bonds is 7. The van der Waals surface area contributed by atoms with Crippen LogP contribution in [0.25, 0.3) is 0 Å². The van der Waals surface area contributed by atoms with Crippen LogP contribution in [-0.2, 0) is 29.1 Å². The number of carbonyl (C=O) groups is 3. The molecule has 12 heteroatoms. The van der Waals surface area contributed by atoms with E-state index < -0.39 is 51.7 Å². The highest BCUT2D eigenvalue weighted by molar-refractivity contribution is 9.10. The first-order chi connectivity index (χ1) is 17.3. The van der Waals surface area contributed by atoms with Crippen LogP contribution in [0.4, 0.5) is 4.79 Å². The molecule has 206 valence electrons. The van der Waals surface area contributed by atoms with Crippen LogP contribution < -0.4 is 10.0 Å². The van der Waals surface area contributed by atoms with Crippen LogP contribution in [0.15, 0.2) is 33.6 Å². The first-order valence-electron chi connectivity index (χ1n) is 12.5. The maximum absolute atomic E-state index is 13.9. The van der Waals surface area contributed by atoms with Crippen molar-refractivity contribution in [1.82, 2.24) is 14.9 Å². The highest BCUT2D eigenvalue weighted by atomic mass is 79.9. The normalized spacial score (nSPS) is 21.8. The van der Waals surface area contributed by atoms with Gasteiger partial charge < -0.3 is 19.7 Å². The second-order valence-electron chi connectivity index (χ2n) is 10.6. The molecule has 0 aromatic heterocycles. The molecule has 0 bridgehead atoms. The number of methoxy groups -OCH3 is 1. The minimum absolute atomic E-state index is 0.0367. The molecule has 0 radical (unpaired) electrons. The van der Waals surface area contributed by atoms with Crippen molar-refractivity contribution in [2.45, 2.75) is 87.9 Å². The number of nitrogens with zero attached hydrogens (tertiary/aromatic N) is 1. The Morgan fingerprint density at radius 3 is 2.41 bits per heavy atom. The molecule has 2 aliphatic rings. The van der Waals surface area contributed by atoms with E-state index in [2.05, 4.69) is 26.0 Å². The van der Waals surface area contributed by atoms with Gasteiger partial charge in [-0.2, -0.15) is 0 Å². The monoisotopic (exact) mass is 601 g/mol. The summed E-state index contributed by atoms with van der Waals surface area (Å²) in [4.78, 5) is 40.6. The van der Waals surface area contributed by atoms with E-state index in [0.717, 1.165) is 32.1 Å². The molecule has 0 unspecified atom stereocenters. The molecule has 37 heavy (non-hydrogen) atoms. The van der Waals surface area contributed by atoms with Crippen molar-refractivity contribution < 1.29 is 32.3 Å². The summed E-state index contributed by atoms with van der Waals surface area (Å²) >= 11 is 3.27. The molecule has 1 aromatic rings. The summed E-state index contributed by atoms with van der Waals surface area (Å²) in [6.07, 6.45) is 3.76. The number of nitrogens with one attached hydrogen (secondary N) is 2. The lowest BCUT2D eigenvalue weighted by Crippen LogP contribution is -2.56. The average Bonchev–Trinajstić information content (AvgIpc) is 3.24. The first-order valence-corrected chi connectivity index (χ1v) is 14.7. The number of halogens is 1. The Morgan fingerprint density at radius 2 is 1.81 bits per heavy atom. The molecule has 1 saturated carbocycles. The summed E-state index contributed by atoms with van der Waals surface area (Å²) < 4.78 is 39.6. The highest BCUT2D eigenvalue weighted by Gasteiger charge is 2.45. The maximum Gasteiger partial charge on any atom is 0.408 e. The maximum atomic E-state index is 13.9. The minimum atomic E-state index is -3.91. The molecule has 3 atom stereocenters. The Hall–Kier alpha value is -2.18. The molecule has 1 aliphatic heterocycles. The van der Waals surface area contributed by atoms with E-state index >= 15 is 0 Å². The van der Waals surface area contributed by atoms with Crippen molar-refractivity contribution in [3.63, 3.8) is 0 Å². The lowest BCUT2D eigenvalue weighted by atomic mass is 9.83. The number of benzene rings is 1. The molecule has 1 aliphatic carbocycles. The zero-order valence-electron chi connectivity index (χ0n) is 21.7. The summed E-state index contributed by atoms with van der Waals surface area (Å²) in [6.45, 7) is 5.17. The molecule has 1 saturated heterocycles. The number of alkyl carbamates (subject to hydrolysis) is 1. The molecule has 2 N–H and O–H groups in total. The molecular weight excluding hydrogens is 566 g/mol. The van der Waals surface area contributed by atoms with Gasteiger partial charge in [-0.25, -0.2) is 22.7 Å². The summed E-state index contributed by atoms with van der Waals surface area (Å²) in [5, 5.41) is 2.74. The molecule has 2 amide bonds. The zero-order chi connectivity index (χ0) is 27.4. The van der Waals surface area contributed by atoms with Gasteiger partial charge in [-0.3, -0.25) is 4.79 Å². The van der Waals surface area contributed by atoms with Gasteiger partial charge in [0.2, 0.25) is 15.9 Å². The fraction of sp³-hybridized carbons (Fsp3) is 0.640. The van der Waals surface area contributed by atoms with E-state index in [-0.39, 0.29) is 23.8 Å². The van der Waals surface area contributed by atoms with Gasteiger partial charge in [0.25, 0.3) is 0 Å². The molecule has 0 spiro atoms. The Kier molecular flexibility index (Phi) is 9.62. The number of amides is 2. The first kappa shape index (κ1) is 29.4.